The van der Waals surface area contributed by atoms with Gasteiger partial charge in [-0.1, -0.05) is 19.3 Å². The number of cyclic esters (lactones) is 1. The summed E-state index contributed by atoms with van der Waals surface area (Å²) in [6, 6.07) is 3.63. The van der Waals surface area contributed by atoms with Crippen molar-refractivity contribution < 1.29 is 28.5 Å². The third-order valence-corrected chi connectivity index (χ3v) is 6.68. The van der Waals surface area contributed by atoms with Gasteiger partial charge in [-0.15, -0.1) is 0 Å². The Balaban J connectivity index is 1.19. The number of fused-ring (bicyclic) bond motifs is 1. The molecule has 0 bridgehead atoms. The second-order valence-corrected chi connectivity index (χ2v) is 8.84. The van der Waals surface area contributed by atoms with Crippen LogP contribution in [0.5, 0.6) is 11.5 Å². The first-order valence-electron chi connectivity index (χ1n) is 11.4. The fraction of sp³-hybridized carbons (Fsp3) is 0.708. The molecule has 2 unspecified atom stereocenters. The van der Waals surface area contributed by atoms with Gasteiger partial charge in [0, 0.05) is 24.5 Å². The number of rotatable bonds is 9. The summed E-state index contributed by atoms with van der Waals surface area (Å²) in [6.07, 6.45) is 11.2. The highest BCUT2D eigenvalue weighted by Gasteiger charge is 2.45. The molecule has 3 heterocycles. The van der Waals surface area contributed by atoms with Gasteiger partial charge >= 0.3 is 5.97 Å². The zero-order valence-corrected chi connectivity index (χ0v) is 18.4. The van der Waals surface area contributed by atoms with Crippen molar-refractivity contribution in [2.75, 3.05) is 14.2 Å². The Kier molecular flexibility index (Phi) is 6.54. The Hall–Kier alpha value is -1.79. The molecule has 0 aliphatic carbocycles. The van der Waals surface area contributed by atoms with Crippen molar-refractivity contribution in [3.05, 3.63) is 23.3 Å². The number of carbonyl (C=O) groups excluding carboxylic acids is 1. The monoisotopic (exact) mass is 418 g/mol. The predicted octanol–water partition coefficient (Wildman–Crippen LogP) is 5.33. The van der Waals surface area contributed by atoms with E-state index >= 15 is 0 Å². The van der Waals surface area contributed by atoms with Crippen molar-refractivity contribution in [1.29, 1.82) is 0 Å². The van der Waals surface area contributed by atoms with E-state index < -0.39 is 0 Å². The molecule has 4 rings (SSSR count). The minimum Gasteiger partial charge on any atom is -0.497 e. The highest BCUT2D eigenvalue weighted by atomic mass is 16.7. The van der Waals surface area contributed by atoms with Gasteiger partial charge in [-0.25, -0.2) is 4.79 Å². The lowest BCUT2D eigenvalue weighted by molar-refractivity contribution is -0.214. The molecule has 3 aliphatic rings. The predicted molar refractivity (Wildman–Crippen MR) is 112 cm³/mol. The highest BCUT2D eigenvalue weighted by molar-refractivity contribution is 5.97. The molecular weight excluding hydrogens is 384 g/mol. The molecule has 4 atom stereocenters. The molecule has 6 heteroatoms. The van der Waals surface area contributed by atoms with Gasteiger partial charge in [0.25, 0.3) is 0 Å². The van der Waals surface area contributed by atoms with Crippen LogP contribution in [0.1, 0.15) is 93.2 Å². The number of esters is 1. The van der Waals surface area contributed by atoms with Gasteiger partial charge in [0.1, 0.15) is 23.2 Å². The lowest BCUT2D eigenvalue weighted by Gasteiger charge is -2.24. The van der Waals surface area contributed by atoms with Crippen molar-refractivity contribution >= 4 is 5.97 Å². The van der Waals surface area contributed by atoms with E-state index in [1.165, 1.54) is 12.8 Å². The van der Waals surface area contributed by atoms with Crippen molar-refractivity contribution in [3.63, 3.8) is 0 Å². The molecule has 30 heavy (non-hydrogen) atoms. The maximum Gasteiger partial charge on any atom is 0.342 e. The van der Waals surface area contributed by atoms with Crippen LogP contribution in [0.2, 0.25) is 0 Å². The standard InChI is InChI=1S/C24H34O6/c1-16-10-12-24(29-16)13-11-17(30-24)8-6-4-5-7-9-20-19-14-18(26-2)15-21(27-3)22(19)23(25)28-20/h14-17,20H,4-13H2,1-3H3/t16-,17-,20?,24?/m0/s1. The summed E-state index contributed by atoms with van der Waals surface area (Å²) in [5, 5.41) is 0. The van der Waals surface area contributed by atoms with Gasteiger partial charge in [-0.3, -0.25) is 0 Å². The average molecular weight is 419 g/mol. The first-order chi connectivity index (χ1) is 14.5. The number of unbranched alkanes of at least 4 members (excludes halogenated alkanes) is 3. The van der Waals surface area contributed by atoms with Crippen molar-refractivity contribution in [3.8, 4) is 11.5 Å². The summed E-state index contributed by atoms with van der Waals surface area (Å²) in [4.78, 5) is 12.3. The number of hydrogen-bond donors (Lipinski definition) is 0. The van der Waals surface area contributed by atoms with E-state index in [0.717, 1.165) is 56.9 Å². The third kappa shape index (κ3) is 4.45. The maximum absolute atomic E-state index is 12.3. The van der Waals surface area contributed by atoms with Gasteiger partial charge < -0.3 is 23.7 Å². The van der Waals surface area contributed by atoms with E-state index in [0.29, 0.717) is 29.3 Å². The number of carbonyl (C=O) groups is 1. The molecule has 166 valence electrons. The van der Waals surface area contributed by atoms with Crippen LogP contribution in [0.15, 0.2) is 12.1 Å². The number of methoxy groups -OCH3 is 2. The SMILES string of the molecule is COc1cc(OC)c2c(c1)C(CCCCCC[C@H]1CCC3(CC[C@H](C)O3)O1)OC2=O. The summed E-state index contributed by atoms with van der Waals surface area (Å²) in [5.74, 6) is 0.632. The lowest BCUT2D eigenvalue weighted by atomic mass is 9.98. The molecule has 2 saturated heterocycles. The first kappa shape index (κ1) is 21.4. The van der Waals surface area contributed by atoms with E-state index in [2.05, 4.69) is 6.92 Å². The summed E-state index contributed by atoms with van der Waals surface area (Å²) in [5.41, 5.74) is 1.42. The van der Waals surface area contributed by atoms with E-state index in [-0.39, 0.29) is 17.9 Å². The fourth-order valence-corrected chi connectivity index (χ4v) is 5.07. The van der Waals surface area contributed by atoms with Gasteiger partial charge in [0.05, 0.1) is 26.4 Å². The summed E-state index contributed by atoms with van der Waals surface area (Å²) in [7, 11) is 3.17. The Morgan fingerprint density at radius 1 is 1.00 bits per heavy atom. The topological polar surface area (TPSA) is 63.2 Å². The fourth-order valence-electron chi connectivity index (χ4n) is 5.07. The molecule has 3 aliphatic heterocycles. The molecule has 2 fully saturated rings. The Morgan fingerprint density at radius 2 is 1.77 bits per heavy atom. The van der Waals surface area contributed by atoms with Crippen LogP contribution < -0.4 is 9.47 Å². The van der Waals surface area contributed by atoms with Gasteiger partial charge in [-0.05, 0) is 45.1 Å². The Morgan fingerprint density at radius 3 is 2.47 bits per heavy atom. The maximum atomic E-state index is 12.3. The highest BCUT2D eigenvalue weighted by Crippen LogP contribution is 2.43. The van der Waals surface area contributed by atoms with Crippen LogP contribution in [0.4, 0.5) is 0 Å². The minimum atomic E-state index is -0.301. The molecule has 1 aromatic carbocycles. The molecule has 1 aromatic rings. The Bertz CT molecular complexity index is 762. The normalized spacial score (nSPS) is 30.0. The molecule has 0 aromatic heterocycles. The van der Waals surface area contributed by atoms with Crippen LogP contribution in [0, 0.1) is 0 Å². The lowest BCUT2D eigenvalue weighted by Crippen LogP contribution is -2.28. The minimum absolute atomic E-state index is 0.212. The smallest absolute Gasteiger partial charge is 0.342 e. The Labute approximate surface area is 179 Å². The summed E-state index contributed by atoms with van der Waals surface area (Å²) < 4.78 is 28.6. The number of benzene rings is 1. The summed E-state index contributed by atoms with van der Waals surface area (Å²) in [6.45, 7) is 2.14. The molecule has 6 nitrogen and oxygen atoms in total. The second kappa shape index (κ2) is 9.15. The number of hydrogen-bond acceptors (Lipinski definition) is 6. The van der Waals surface area contributed by atoms with Crippen LogP contribution >= 0.6 is 0 Å². The summed E-state index contributed by atoms with van der Waals surface area (Å²) >= 11 is 0. The van der Waals surface area contributed by atoms with E-state index in [4.69, 9.17) is 23.7 Å². The molecule has 0 saturated carbocycles. The molecular formula is C24H34O6. The second-order valence-electron chi connectivity index (χ2n) is 8.84. The van der Waals surface area contributed by atoms with Crippen molar-refractivity contribution in [1.82, 2.24) is 0 Å². The molecule has 1 spiro atoms. The van der Waals surface area contributed by atoms with Crippen LogP contribution in [0.25, 0.3) is 0 Å². The van der Waals surface area contributed by atoms with Crippen molar-refractivity contribution in [2.45, 2.75) is 95.2 Å². The average Bonchev–Trinajstić information content (AvgIpc) is 3.41. The number of ether oxygens (including phenoxy) is 5. The molecule has 0 radical (unpaired) electrons. The zero-order valence-electron chi connectivity index (χ0n) is 18.4. The van der Waals surface area contributed by atoms with Crippen LogP contribution in [-0.2, 0) is 14.2 Å². The quantitative estimate of drug-likeness (QED) is 0.399. The molecule has 0 N–H and O–H groups in total. The van der Waals surface area contributed by atoms with Crippen molar-refractivity contribution in [2.24, 2.45) is 0 Å². The van der Waals surface area contributed by atoms with Gasteiger partial charge in [0.2, 0.25) is 0 Å². The van der Waals surface area contributed by atoms with Crippen LogP contribution in [0.3, 0.4) is 0 Å². The molecule has 0 amide bonds. The first-order valence-corrected chi connectivity index (χ1v) is 11.4. The van der Waals surface area contributed by atoms with E-state index in [1.807, 2.05) is 6.07 Å². The van der Waals surface area contributed by atoms with E-state index in [1.54, 1.807) is 20.3 Å². The van der Waals surface area contributed by atoms with E-state index in [9.17, 15) is 4.79 Å². The van der Waals surface area contributed by atoms with Crippen LogP contribution in [-0.4, -0.2) is 38.2 Å². The van der Waals surface area contributed by atoms with Gasteiger partial charge in [-0.2, -0.15) is 0 Å². The third-order valence-electron chi connectivity index (χ3n) is 6.68. The zero-order chi connectivity index (χ0) is 21.1. The van der Waals surface area contributed by atoms with Gasteiger partial charge in [0.15, 0.2) is 5.79 Å². The largest absolute Gasteiger partial charge is 0.497 e.